The minimum atomic E-state index is -1.30. The SMILES string of the molecule is CCN(CC)C(=O)/C(C#N)=C/c1cc(OC(=O)CCC(=O)NC(Cc2ccc(OC(=O)C(C)(C)C)c(OC(=O)C(C)(C)C)c2)C(=O)OC)c(O)c([N+](=O)[O-])c1. The Morgan fingerprint density at radius 2 is 1.49 bits per heavy atom. The van der Waals surface area contributed by atoms with E-state index in [-0.39, 0.29) is 29.1 Å². The van der Waals surface area contributed by atoms with Gasteiger partial charge in [0.25, 0.3) is 5.91 Å². The van der Waals surface area contributed by atoms with E-state index in [9.17, 15) is 49.2 Å². The Balaban J connectivity index is 2.28. The monoisotopic (exact) mass is 766 g/mol. The molecule has 0 fully saturated rings. The number of hydrogen-bond donors (Lipinski definition) is 2. The zero-order valence-electron chi connectivity index (χ0n) is 32.3. The van der Waals surface area contributed by atoms with Crippen LogP contribution in [0, 0.1) is 32.3 Å². The van der Waals surface area contributed by atoms with Crippen LogP contribution in [0.25, 0.3) is 6.08 Å². The minimum Gasteiger partial charge on any atom is -0.499 e. The molecule has 0 bridgehead atoms. The number of benzene rings is 2. The lowest BCUT2D eigenvalue weighted by atomic mass is 9.97. The van der Waals surface area contributed by atoms with E-state index in [0.29, 0.717) is 18.7 Å². The van der Waals surface area contributed by atoms with E-state index in [1.165, 1.54) is 23.1 Å². The van der Waals surface area contributed by atoms with E-state index in [0.717, 1.165) is 25.3 Å². The standard InChI is InChI=1S/C38H46N4O13/c1-10-41(11-2)33(46)24(21-39)16-23-18-26(42(50)51)32(45)29(20-23)53-31(44)15-14-30(43)40-25(34(47)52-9)17-22-12-13-27(54-35(48)37(3,4)5)28(19-22)55-36(49)38(6,7)8/h12-13,16,18-20,25,45H,10-11,14-15,17H2,1-9H3,(H,40,43)/b24-16+. The highest BCUT2D eigenvalue weighted by Gasteiger charge is 2.30. The van der Waals surface area contributed by atoms with Crippen LogP contribution in [0.2, 0.25) is 0 Å². The van der Waals surface area contributed by atoms with Gasteiger partial charge >= 0.3 is 29.6 Å². The van der Waals surface area contributed by atoms with Gasteiger partial charge in [-0.2, -0.15) is 5.26 Å². The van der Waals surface area contributed by atoms with Gasteiger partial charge in [0.15, 0.2) is 17.2 Å². The van der Waals surface area contributed by atoms with Crippen molar-refractivity contribution in [2.24, 2.45) is 10.8 Å². The number of rotatable bonds is 15. The van der Waals surface area contributed by atoms with Crippen molar-refractivity contribution in [1.82, 2.24) is 10.2 Å². The van der Waals surface area contributed by atoms with Gasteiger partial charge in [0.05, 0.1) is 29.3 Å². The summed E-state index contributed by atoms with van der Waals surface area (Å²) in [6.45, 7) is 13.8. The maximum atomic E-state index is 12.9. The lowest BCUT2D eigenvalue weighted by molar-refractivity contribution is -0.385. The Kier molecular flexibility index (Phi) is 15.6. The molecule has 2 aromatic carbocycles. The lowest BCUT2D eigenvalue weighted by Gasteiger charge is -2.21. The largest absolute Gasteiger partial charge is 0.499 e. The predicted molar refractivity (Wildman–Crippen MR) is 195 cm³/mol. The van der Waals surface area contributed by atoms with Crippen LogP contribution in [0.15, 0.2) is 35.9 Å². The number of phenolic OH excluding ortho intramolecular Hbond substituents is 1. The normalized spacial score (nSPS) is 12.0. The minimum absolute atomic E-state index is 0.0463. The average Bonchev–Trinajstić information content (AvgIpc) is 3.10. The second kappa shape index (κ2) is 19.1. The quantitative estimate of drug-likeness (QED) is 0.0631. The molecule has 2 rings (SSSR count). The molecule has 17 nitrogen and oxygen atoms in total. The molecule has 2 amide bonds. The van der Waals surface area contributed by atoms with Gasteiger partial charge in [0.1, 0.15) is 17.7 Å². The van der Waals surface area contributed by atoms with E-state index in [1.54, 1.807) is 61.5 Å². The molecule has 17 heteroatoms. The summed E-state index contributed by atoms with van der Waals surface area (Å²) in [5.74, 6) is -6.44. The first-order chi connectivity index (χ1) is 25.5. The number of methoxy groups -OCH3 is 1. The summed E-state index contributed by atoms with van der Waals surface area (Å²) in [5, 5.41) is 34.1. The fourth-order valence-corrected chi connectivity index (χ4v) is 4.48. The summed E-state index contributed by atoms with van der Waals surface area (Å²) in [7, 11) is 1.10. The second-order valence-corrected chi connectivity index (χ2v) is 14.2. The number of nitro benzene ring substituents is 1. The predicted octanol–water partition coefficient (Wildman–Crippen LogP) is 4.56. The molecule has 0 aliphatic rings. The molecular formula is C38H46N4O13. The van der Waals surface area contributed by atoms with E-state index in [2.05, 4.69) is 5.32 Å². The molecule has 0 spiro atoms. The highest BCUT2D eigenvalue weighted by atomic mass is 16.6. The number of aromatic hydroxyl groups is 1. The van der Waals surface area contributed by atoms with Crippen molar-refractivity contribution in [3.05, 3.63) is 57.1 Å². The molecule has 0 heterocycles. The number of nitro groups is 1. The van der Waals surface area contributed by atoms with E-state index in [1.807, 2.05) is 0 Å². The number of nitrogens with zero attached hydrogens (tertiary/aromatic N) is 3. The van der Waals surface area contributed by atoms with Crippen LogP contribution in [-0.4, -0.2) is 76.9 Å². The number of nitrogens with one attached hydrogen (secondary N) is 1. The van der Waals surface area contributed by atoms with Crippen LogP contribution in [-0.2, 0) is 39.9 Å². The van der Waals surface area contributed by atoms with Gasteiger partial charge in [0, 0.05) is 32.0 Å². The van der Waals surface area contributed by atoms with Crippen LogP contribution >= 0.6 is 0 Å². The van der Waals surface area contributed by atoms with Gasteiger partial charge in [-0.15, -0.1) is 0 Å². The highest BCUT2D eigenvalue weighted by molar-refractivity contribution is 6.02. The fraction of sp³-hybridized carbons (Fsp3) is 0.447. The molecule has 0 aliphatic heterocycles. The molecule has 55 heavy (non-hydrogen) atoms. The van der Waals surface area contributed by atoms with Crippen LogP contribution in [0.4, 0.5) is 5.69 Å². The van der Waals surface area contributed by atoms with E-state index >= 15 is 0 Å². The molecular weight excluding hydrogens is 720 g/mol. The molecule has 2 aromatic rings. The first-order valence-corrected chi connectivity index (χ1v) is 17.1. The van der Waals surface area contributed by atoms with Crippen LogP contribution in [0.1, 0.15) is 79.4 Å². The van der Waals surface area contributed by atoms with Gasteiger partial charge in [-0.1, -0.05) is 6.07 Å². The summed E-state index contributed by atoms with van der Waals surface area (Å²) in [6.07, 6.45) is -0.288. The highest BCUT2D eigenvalue weighted by Crippen LogP contribution is 2.38. The molecule has 1 unspecified atom stereocenters. The van der Waals surface area contributed by atoms with Gasteiger partial charge in [-0.05, 0) is 90.8 Å². The number of carbonyl (C=O) groups is 6. The molecule has 0 aliphatic carbocycles. The number of ether oxygens (including phenoxy) is 4. The number of likely N-dealkylation sites (N-methyl/N-ethyl adjacent to an activating group) is 1. The van der Waals surface area contributed by atoms with Gasteiger partial charge < -0.3 is 34.3 Å². The maximum Gasteiger partial charge on any atom is 0.328 e. The number of esters is 4. The summed E-state index contributed by atoms with van der Waals surface area (Å²) < 4.78 is 21.0. The van der Waals surface area contributed by atoms with Gasteiger partial charge in [-0.3, -0.25) is 34.1 Å². The average molecular weight is 767 g/mol. The molecule has 1 atom stereocenters. The van der Waals surface area contributed by atoms with Crippen molar-refractivity contribution in [1.29, 1.82) is 5.26 Å². The Hall–Kier alpha value is -6.31. The van der Waals surface area contributed by atoms with Crippen molar-refractivity contribution in [2.45, 2.75) is 80.7 Å². The fourth-order valence-electron chi connectivity index (χ4n) is 4.48. The van der Waals surface area contributed by atoms with Crippen LogP contribution in [0.3, 0.4) is 0 Å². The zero-order valence-corrected chi connectivity index (χ0v) is 32.3. The Morgan fingerprint density at radius 1 is 0.909 bits per heavy atom. The van der Waals surface area contributed by atoms with Crippen LogP contribution in [0.5, 0.6) is 23.0 Å². The summed E-state index contributed by atoms with van der Waals surface area (Å²) in [6, 6.07) is 6.60. The maximum absolute atomic E-state index is 12.9. The van der Waals surface area contributed by atoms with Gasteiger partial charge in [0.2, 0.25) is 11.7 Å². The molecule has 296 valence electrons. The zero-order chi connectivity index (χ0) is 41.8. The Labute approximate surface area is 318 Å². The van der Waals surface area contributed by atoms with Crippen molar-refractivity contribution >= 4 is 47.5 Å². The van der Waals surface area contributed by atoms with Crippen molar-refractivity contribution in [3.8, 4) is 29.1 Å². The number of carbonyl (C=O) groups excluding carboxylic acids is 6. The Bertz CT molecular complexity index is 1890. The molecule has 0 saturated heterocycles. The smallest absolute Gasteiger partial charge is 0.328 e. The topological polar surface area (TPSA) is 242 Å². The first-order valence-electron chi connectivity index (χ1n) is 17.1. The Morgan fingerprint density at radius 3 is 2.00 bits per heavy atom. The number of amides is 2. The second-order valence-electron chi connectivity index (χ2n) is 14.2. The van der Waals surface area contributed by atoms with Crippen LogP contribution < -0.4 is 19.5 Å². The van der Waals surface area contributed by atoms with E-state index < -0.39 is 87.5 Å². The first kappa shape index (κ1) is 44.8. The number of nitriles is 1. The molecule has 0 aromatic heterocycles. The third kappa shape index (κ3) is 12.9. The molecule has 2 N–H and O–H groups in total. The number of hydrogen-bond acceptors (Lipinski definition) is 14. The van der Waals surface area contributed by atoms with Crippen molar-refractivity contribution in [3.63, 3.8) is 0 Å². The number of phenols is 1. The molecule has 0 saturated carbocycles. The van der Waals surface area contributed by atoms with Crippen molar-refractivity contribution < 1.29 is 57.7 Å². The third-order valence-corrected chi connectivity index (χ3v) is 7.67. The summed E-state index contributed by atoms with van der Waals surface area (Å²) in [5.41, 5.74) is -2.78. The van der Waals surface area contributed by atoms with Crippen molar-refractivity contribution in [2.75, 3.05) is 20.2 Å². The third-order valence-electron chi connectivity index (χ3n) is 7.67. The summed E-state index contributed by atoms with van der Waals surface area (Å²) >= 11 is 0. The summed E-state index contributed by atoms with van der Waals surface area (Å²) in [4.78, 5) is 88.5. The molecule has 0 radical (unpaired) electrons. The lowest BCUT2D eigenvalue weighted by Crippen LogP contribution is -2.43. The van der Waals surface area contributed by atoms with E-state index in [4.69, 9.17) is 18.9 Å². The van der Waals surface area contributed by atoms with Gasteiger partial charge in [-0.25, -0.2) is 4.79 Å².